The average molecular weight is 344 g/mol. The minimum atomic E-state index is -0.467. The van der Waals surface area contributed by atoms with Crippen LogP contribution < -0.4 is 14.8 Å². The summed E-state index contributed by atoms with van der Waals surface area (Å²) in [6, 6.07) is 5.95. The Morgan fingerprint density at radius 3 is 2.83 bits per heavy atom. The van der Waals surface area contributed by atoms with E-state index in [-0.39, 0.29) is 24.0 Å². The summed E-state index contributed by atoms with van der Waals surface area (Å²) < 4.78 is 11.5. The zero-order valence-electron chi connectivity index (χ0n) is 14.6. The Bertz CT molecular complexity index is 488. The van der Waals surface area contributed by atoms with Crippen LogP contribution in [0.4, 0.5) is 0 Å². The third-order valence-electron chi connectivity index (χ3n) is 3.76. The Balaban J connectivity index is 0.00000264. The van der Waals surface area contributed by atoms with Crippen molar-refractivity contribution < 1.29 is 14.6 Å². The molecule has 0 spiro atoms. The Morgan fingerprint density at radius 1 is 1.39 bits per heavy atom. The van der Waals surface area contributed by atoms with Gasteiger partial charge in [0.2, 0.25) is 0 Å². The molecule has 23 heavy (non-hydrogen) atoms. The van der Waals surface area contributed by atoms with E-state index in [0.717, 1.165) is 30.9 Å². The van der Waals surface area contributed by atoms with Crippen LogP contribution >= 0.6 is 12.4 Å². The third-order valence-corrected chi connectivity index (χ3v) is 3.76. The molecule has 1 aromatic carbocycles. The lowest BCUT2D eigenvalue weighted by molar-refractivity contribution is 0.0978. The molecule has 1 aromatic rings. The maximum absolute atomic E-state index is 9.99. The molecule has 0 aliphatic carbocycles. The zero-order valence-corrected chi connectivity index (χ0v) is 15.4. The molecule has 0 amide bonds. The molecule has 2 unspecified atom stereocenters. The van der Waals surface area contributed by atoms with Crippen molar-refractivity contribution in [1.29, 1.82) is 0 Å². The molecule has 1 heterocycles. The first-order valence-corrected chi connectivity index (χ1v) is 8.19. The number of halogens is 1. The van der Waals surface area contributed by atoms with Crippen LogP contribution in [-0.4, -0.2) is 36.0 Å². The van der Waals surface area contributed by atoms with Gasteiger partial charge < -0.3 is 19.9 Å². The topological polar surface area (TPSA) is 50.7 Å². The van der Waals surface area contributed by atoms with Crippen molar-refractivity contribution in [3.8, 4) is 11.5 Å². The molecule has 1 aliphatic heterocycles. The summed E-state index contributed by atoms with van der Waals surface area (Å²) in [5.74, 6) is 1.68. The van der Waals surface area contributed by atoms with E-state index in [4.69, 9.17) is 9.47 Å². The van der Waals surface area contributed by atoms with E-state index in [0.29, 0.717) is 13.0 Å². The van der Waals surface area contributed by atoms with Crippen LogP contribution in [0.15, 0.2) is 18.2 Å². The quantitative estimate of drug-likeness (QED) is 0.831. The van der Waals surface area contributed by atoms with Gasteiger partial charge in [0.25, 0.3) is 0 Å². The van der Waals surface area contributed by atoms with Gasteiger partial charge in [-0.1, -0.05) is 6.07 Å². The molecule has 0 radical (unpaired) electrons. The Hall–Kier alpha value is -0.970. The summed E-state index contributed by atoms with van der Waals surface area (Å²) >= 11 is 0. The number of rotatable bonds is 6. The van der Waals surface area contributed by atoms with E-state index in [1.54, 1.807) is 0 Å². The van der Waals surface area contributed by atoms with Crippen molar-refractivity contribution in [1.82, 2.24) is 5.32 Å². The van der Waals surface area contributed by atoms with Crippen LogP contribution in [0.5, 0.6) is 11.5 Å². The van der Waals surface area contributed by atoms with Gasteiger partial charge >= 0.3 is 0 Å². The molecule has 0 saturated heterocycles. The predicted octanol–water partition coefficient (Wildman–Crippen LogP) is 3.34. The summed E-state index contributed by atoms with van der Waals surface area (Å²) in [5.41, 5.74) is 1.31. The third kappa shape index (κ3) is 6.98. The first-order chi connectivity index (χ1) is 10.3. The molecular weight excluding hydrogens is 314 g/mol. The molecule has 2 N–H and O–H groups in total. The molecule has 0 saturated carbocycles. The molecule has 0 fully saturated rings. The summed E-state index contributed by atoms with van der Waals surface area (Å²) in [6.45, 7) is 9.51. The SMILES string of the molecule is CC1CCc2ccc(OCC(O)CCNC(C)(C)C)cc2O1.Cl. The van der Waals surface area contributed by atoms with Gasteiger partial charge in [-0.2, -0.15) is 0 Å². The zero-order chi connectivity index (χ0) is 16.2. The predicted molar refractivity (Wildman–Crippen MR) is 96.0 cm³/mol. The normalized spacial score (nSPS) is 18.4. The average Bonchev–Trinajstić information content (AvgIpc) is 2.43. The number of aryl methyl sites for hydroxylation is 1. The van der Waals surface area contributed by atoms with Gasteiger partial charge in [-0.05, 0) is 65.1 Å². The van der Waals surface area contributed by atoms with Crippen molar-refractivity contribution in [2.45, 2.75) is 64.7 Å². The monoisotopic (exact) mass is 343 g/mol. The highest BCUT2D eigenvalue weighted by molar-refractivity contribution is 5.85. The van der Waals surface area contributed by atoms with Crippen molar-refractivity contribution in [2.75, 3.05) is 13.2 Å². The number of hydrogen-bond donors (Lipinski definition) is 2. The smallest absolute Gasteiger partial charge is 0.126 e. The Kier molecular flexibility index (Phi) is 7.65. The lowest BCUT2D eigenvalue weighted by atomic mass is 10.0. The molecule has 2 rings (SSSR count). The second kappa shape index (κ2) is 8.76. The van der Waals surface area contributed by atoms with E-state index in [1.165, 1.54) is 5.56 Å². The van der Waals surface area contributed by atoms with E-state index in [1.807, 2.05) is 12.1 Å². The highest BCUT2D eigenvalue weighted by Crippen LogP contribution is 2.31. The summed E-state index contributed by atoms with van der Waals surface area (Å²) in [5, 5.41) is 13.4. The molecule has 4 nitrogen and oxygen atoms in total. The second-order valence-electron chi connectivity index (χ2n) is 7.17. The molecule has 2 atom stereocenters. The molecule has 0 bridgehead atoms. The van der Waals surface area contributed by atoms with Gasteiger partial charge in [0.1, 0.15) is 18.1 Å². The summed E-state index contributed by atoms with van der Waals surface area (Å²) in [7, 11) is 0. The minimum Gasteiger partial charge on any atom is -0.491 e. The van der Waals surface area contributed by atoms with Crippen molar-refractivity contribution in [3.63, 3.8) is 0 Å². The Labute approximate surface area is 146 Å². The highest BCUT2D eigenvalue weighted by Gasteiger charge is 2.17. The summed E-state index contributed by atoms with van der Waals surface area (Å²) in [6.07, 6.45) is 2.59. The number of fused-ring (bicyclic) bond motifs is 1. The fourth-order valence-corrected chi connectivity index (χ4v) is 2.46. The van der Waals surface area contributed by atoms with Gasteiger partial charge in [-0.3, -0.25) is 0 Å². The molecule has 0 aromatic heterocycles. The number of benzene rings is 1. The standard InChI is InChI=1S/C18H29NO3.ClH/c1-13-5-6-14-7-8-16(11-17(14)22-13)21-12-15(20)9-10-19-18(2,3)4;/h7-8,11,13,15,19-20H,5-6,9-10,12H2,1-4H3;1H. The second-order valence-corrected chi connectivity index (χ2v) is 7.17. The number of hydrogen-bond acceptors (Lipinski definition) is 4. The van der Waals surface area contributed by atoms with Crippen molar-refractivity contribution in [3.05, 3.63) is 23.8 Å². The first kappa shape index (κ1) is 20.1. The van der Waals surface area contributed by atoms with Gasteiger partial charge in [0.05, 0.1) is 12.2 Å². The van der Waals surface area contributed by atoms with E-state index >= 15 is 0 Å². The molecular formula is C18H30ClNO3. The van der Waals surface area contributed by atoms with Crippen LogP contribution in [0.2, 0.25) is 0 Å². The fourth-order valence-electron chi connectivity index (χ4n) is 2.46. The van der Waals surface area contributed by atoms with Crippen molar-refractivity contribution in [2.24, 2.45) is 0 Å². The van der Waals surface area contributed by atoms with Crippen LogP contribution in [0.25, 0.3) is 0 Å². The molecule has 5 heteroatoms. The van der Waals surface area contributed by atoms with Crippen LogP contribution in [0.3, 0.4) is 0 Å². The maximum Gasteiger partial charge on any atom is 0.126 e. The number of aliphatic hydroxyl groups excluding tert-OH is 1. The van der Waals surface area contributed by atoms with Gasteiger partial charge in [-0.25, -0.2) is 0 Å². The van der Waals surface area contributed by atoms with Crippen LogP contribution in [0, 0.1) is 0 Å². The number of aliphatic hydroxyl groups is 1. The number of ether oxygens (including phenoxy) is 2. The maximum atomic E-state index is 9.99. The lowest BCUT2D eigenvalue weighted by Gasteiger charge is -2.24. The van der Waals surface area contributed by atoms with E-state index in [2.05, 4.69) is 39.1 Å². The van der Waals surface area contributed by atoms with Crippen molar-refractivity contribution >= 4 is 12.4 Å². The van der Waals surface area contributed by atoms with E-state index in [9.17, 15) is 5.11 Å². The first-order valence-electron chi connectivity index (χ1n) is 8.19. The van der Waals surface area contributed by atoms with Crippen LogP contribution in [0.1, 0.15) is 46.1 Å². The lowest BCUT2D eigenvalue weighted by Crippen LogP contribution is -2.38. The minimum absolute atomic E-state index is 0. The van der Waals surface area contributed by atoms with Gasteiger partial charge in [0, 0.05) is 11.6 Å². The van der Waals surface area contributed by atoms with Crippen LogP contribution in [-0.2, 0) is 6.42 Å². The van der Waals surface area contributed by atoms with Gasteiger partial charge in [0.15, 0.2) is 0 Å². The molecule has 1 aliphatic rings. The number of nitrogens with one attached hydrogen (secondary N) is 1. The largest absolute Gasteiger partial charge is 0.491 e. The van der Waals surface area contributed by atoms with Gasteiger partial charge in [-0.15, -0.1) is 12.4 Å². The van der Waals surface area contributed by atoms with E-state index < -0.39 is 6.10 Å². The summed E-state index contributed by atoms with van der Waals surface area (Å²) in [4.78, 5) is 0. The molecule has 132 valence electrons. The highest BCUT2D eigenvalue weighted by atomic mass is 35.5. The Morgan fingerprint density at radius 2 is 2.13 bits per heavy atom. The fraction of sp³-hybridized carbons (Fsp3) is 0.667.